The van der Waals surface area contributed by atoms with E-state index in [1.807, 2.05) is 18.2 Å². The summed E-state index contributed by atoms with van der Waals surface area (Å²) in [5, 5.41) is 0.165. The molecule has 3 nitrogen and oxygen atoms in total. The molecule has 1 aliphatic heterocycles. The summed E-state index contributed by atoms with van der Waals surface area (Å²) in [5.74, 6) is 1.36. The van der Waals surface area contributed by atoms with Gasteiger partial charge < -0.3 is 9.16 Å². The largest absolute Gasteiger partial charge is 0.489 e. The van der Waals surface area contributed by atoms with Gasteiger partial charge in [0.25, 0.3) is 0 Å². The predicted octanol–water partition coefficient (Wildman–Crippen LogP) is 4.14. The van der Waals surface area contributed by atoms with Crippen LogP contribution >= 0.6 is 0 Å². The smallest absolute Gasteiger partial charge is 0.192 e. The number of rotatable bonds is 3. The molecule has 3 rings (SSSR count). The highest BCUT2D eigenvalue weighted by molar-refractivity contribution is 6.74. The average Bonchev–Trinajstić information content (AvgIpc) is 2.90. The van der Waals surface area contributed by atoms with Crippen molar-refractivity contribution in [2.75, 3.05) is 6.61 Å². The van der Waals surface area contributed by atoms with Crippen LogP contribution in [0.4, 0.5) is 0 Å². The second kappa shape index (κ2) is 5.20. The Balaban J connectivity index is 1.78. The summed E-state index contributed by atoms with van der Waals surface area (Å²) >= 11 is 0. The van der Waals surface area contributed by atoms with Crippen molar-refractivity contribution in [2.24, 2.45) is 5.92 Å². The molecule has 120 valence electrons. The summed E-state index contributed by atoms with van der Waals surface area (Å²) in [6.45, 7) is 11.7. The molecule has 0 unspecified atom stereocenters. The van der Waals surface area contributed by atoms with E-state index >= 15 is 0 Å². The molecule has 4 heteroatoms. The maximum Gasteiger partial charge on any atom is 0.192 e. The second-order valence-electron chi connectivity index (χ2n) is 8.07. The molecule has 0 amide bonds. The fraction of sp³-hybridized carbons (Fsp3) is 0.611. The first-order chi connectivity index (χ1) is 10.2. The Bertz CT molecular complexity index is 588. The van der Waals surface area contributed by atoms with Crippen LogP contribution in [0.5, 0.6) is 5.75 Å². The van der Waals surface area contributed by atoms with Gasteiger partial charge in [0.15, 0.2) is 8.32 Å². The zero-order valence-corrected chi connectivity index (χ0v) is 15.2. The molecule has 1 aliphatic carbocycles. The fourth-order valence-corrected chi connectivity index (χ4v) is 4.23. The standard InChI is InChI=1S/C18H26O3Si/c1-18(2,3)22(4,5)20-11-13-14(19)10-16-17(13)12-8-6-7-9-15(12)21-16/h6-9,13,16-17H,10-11H2,1-5H3/t13-,16-,17+/m0/s1. The highest BCUT2D eigenvalue weighted by Crippen LogP contribution is 2.49. The van der Waals surface area contributed by atoms with E-state index in [9.17, 15) is 4.79 Å². The van der Waals surface area contributed by atoms with Crippen LogP contribution in [0.1, 0.15) is 38.7 Å². The van der Waals surface area contributed by atoms with Crippen molar-refractivity contribution in [3.63, 3.8) is 0 Å². The third-order valence-corrected chi connectivity index (χ3v) is 10.1. The maximum absolute atomic E-state index is 12.4. The van der Waals surface area contributed by atoms with E-state index in [0.717, 1.165) is 5.75 Å². The van der Waals surface area contributed by atoms with Gasteiger partial charge in [-0.25, -0.2) is 0 Å². The lowest BCUT2D eigenvalue weighted by Crippen LogP contribution is -2.42. The molecule has 1 saturated carbocycles. The molecule has 0 bridgehead atoms. The van der Waals surface area contributed by atoms with Crippen LogP contribution in [0.15, 0.2) is 24.3 Å². The Morgan fingerprint density at radius 3 is 2.64 bits per heavy atom. The van der Waals surface area contributed by atoms with Gasteiger partial charge in [0.05, 0.1) is 5.92 Å². The third-order valence-electron chi connectivity index (χ3n) is 5.64. The predicted molar refractivity (Wildman–Crippen MR) is 89.9 cm³/mol. The number of ether oxygens (including phenoxy) is 1. The monoisotopic (exact) mass is 318 g/mol. The minimum Gasteiger partial charge on any atom is -0.489 e. The average molecular weight is 318 g/mol. The second-order valence-corrected chi connectivity index (χ2v) is 12.9. The van der Waals surface area contributed by atoms with Gasteiger partial charge in [0.1, 0.15) is 17.6 Å². The Hall–Kier alpha value is -1.13. The Morgan fingerprint density at radius 2 is 1.95 bits per heavy atom. The topological polar surface area (TPSA) is 35.5 Å². The zero-order chi connectivity index (χ0) is 16.1. The number of Topliss-reactive ketones (excluding diaryl/α,β-unsaturated/α-hetero) is 1. The van der Waals surface area contributed by atoms with E-state index in [2.05, 4.69) is 39.9 Å². The van der Waals surface area contributed by atoms with Gasteiger partial charge in [-0.2, -0.15) is 0 Å². The van der Waals surface area contributed by atoms with E-state index in [4.69, 9.17) is 9.16 Å². The molecule has 0 N–H and O–H groups in total. The minimum atomic E-state index is -1.83. The van der Waals surface area contributed by atoms with Crippen molar-refractivity contribution in [2.45, 2.75) is 57.3 Å². The van der Waals surface area contributed by atoms with Crippen molar-refractivity contribution >= 4 is 14.1 Å². The molecule has 0 radical (unpaired) electrons. The first-order valence-corrected chi connectivity index (χ1v) is 11.0. The first kappa shape index (κ1) is 15.8. The molecule has 0 saturated heterocycles. The van der Waals surface area contributed by atoms with Gasteiger partial charge in [-0.05, 0) is 24.2 Å². The third kappa shape index (κ3) is 2.52. The SMILES string of the molecule is CC(C)(C)[Si](C)(C)OC[C@H]1C(=O)C[C@@H]2Oc3ccccc3[C@@H]21. The van der Waals surface area contributed by atoms with Gasteiger partial charge in [-0.15, -0.1) is 0 Å². The number of hydrogen-bond donors (Lipinski definition) is 0. The summed E-state index contributed by atoms with van der Waals surface area (Å²) < 4.78 is 12.3. The van der Waals surface area contributed by atoms with Crippen LogP contribution in [-0.4, -0.2) is 26.8 Å². The molecule has 1 aromatic rings. The van der Waals surface area contributed by atoms with Crippen molar-refractivity contribution in [3.05, 3.63) is 29.8 Å². The molecule has 0 aromatic heterocycles. The summed E-state index contributed by atoms with van der Waals surface area (Å²) in [6.07, 6.45) is 0.531. The van der Waals surface area contributed by atoms with E-state index < -0.39 is 8.32 Å². The van der Waals surface area contributed by atoms with Gasteiger partial charge >= 0.3 is 0 Å². The van der Waals surface area contributed by atoms with E-state index in [-0.39, 0.29) is 23.0 Å². The highest BCUT2D eigenvalue weighted by atomic mass is 28.4. The number of fused-ring (bicyclic) bond motifs is 3. The summed E-state index contributed by atoms with van der Waals surface area (Å²) in [6, 6.07) is 8.11. The lowest BCUT2D eigenvalue weighted by Gasteiger charge is -2.37. The van der Waals surface area contributed by atoms with Crippen molar-refractivity contribution in [3.8, 4) is 5.75 Å². The Kier molecular flexibility index (Phi) is 3.73. The number of ketones is 1. The van der Waals surface area contributed by atoms with Gasteiger partial charge in [0.2, 0.25) is 0 Å². The van der Waals surface area contributed by atoms with Crippen molar-refractivity contribution < 1.29 is 14.0 Å². The normalized spacial score (nSPS) is 27.5. The quantitative estimate of drug-likeness (QED) is 0.786. The van der Waals surface area contributed by atoms with Crippen molar-refractivity contribution in [1.29, 1.82) is 0 Å². The van der Waals surface area contributed by atoms with Crippen LogP contribution in [0, 0.1) is 5.92 Å². The van der Waals surface area contributed by atoms with Gasteiger partial charge in [0, 0.05) is 24.5 Å². The lowest BCUT2D eigenvalue weighted by atomic mass is 9.89. The van der Waals surface area contributed by atoms with Crippen LogP contribution in [0.25, 0.3) is 0 Å². The zero-order valence-electron chi connectivity index (χ0n) is 14.2. The number of para-hydroxylation sites is 1. The Morgan fingerprint density at radius 1 is 1.27 bits per heavy atom. The van der Waals surface area contributed by atoms with Gasteiger partial charge in [-0.1, -0.05) is 39.0 Å². The van der Waals surface area contributed by atoms with Crippen molar-refractivity contribution in [1.82, 2.24) is 0 Å². The number of carbonyl (C=O) groups excluding carboxylic acids is 1. The molecule has 2 aliphatic rings. The van der Waals surface area contributed by atoms with Crippen LogP contribution < -0.4 is 4.74 Å². The first-order valence-electron chi connectivity index (χ1n) is 8.13. The number of hydrogen-bond acceptors (Lipinski definition) is 3. The summed E-state index contributed by atoms with van der Waals surface area (Å²) in [4.78, 5) is 12.4. The lowest BCUT2D eigenvalue weighted by molar-refractivity contribution is -0.122. The molecular formula is C18H26O3Si. The Labute approximate surface area is 134 Å². The maximum atomic E-state index is 12.4. The summed E-state index contributed by atoms with van der Waals surface area (Å²) in [5.41, 5.74) is 1.18. The van der Waals surface area contributed by atoms with Crippen LogP contribution in [0.3, 0.4) is 0 Å². The molecule has 1 heterocycles. The van der Waals surface area contributed by atoms with Gasteiger partial charge in [-0.3, -0.25) is 4.79 Å². The number of benzene rings is 1. The fourth-order valence-electron chi connectivity index (χ4n) is 3.21. The molecule has 3 atom stereocenters. The molecule has 1 fully saturated rings. The van der Waals surface area contributed by atoms with E-state index in [0.29, 0.717) is 18.8 Å². The molecule has 1 aromatic carbocycles. The summed E-state index contributed by atoms with van der Waals surface area (Å²) in [7, 11) is -1.83. The van der Waals surface area contributed by atoms with Crippen LogP contribution in [0.2, 0.25) is 18.1 Å². The van der Waals surface area contributed by atoms with E-state index in [1.165, 1.54) is 5.56 Å². The van der Waals surface area contributed by atoms with Crippen LogP contribution in [-0.2, 0) is 9.22 Å². The van der Waals surface area contributed by atoms with E-state index in [1.54, 1.807) is 0 Å². The molecule has 22 heavy (non-hydrogen) atoms. The minimum absolute atomic E-state index is 0.0120. The highest BCUT2D eigenvalue weighted by Gasteiger charge is 2.50. The number of carbonyl (C=O) groups is 1. The molecule has 0 spiro atoms. The molecular weight excluding hydrogens is 292 g/mol.